The third-order valence-corrected chi connectivity index (χ3v) is 2.62. The molecule has 0 fully saturated rings. The van der Waals surface area contributed by atoms with E-state index >= 15 is 0 Å². The third-order valence-electron chi connectivity index (χ3n) is 2.62. The number of carbonyl (C=O) groups excluding carboxylic acids is 1. The minimum atomic E-state index is -1.46. The van der Waals surface area contributed by atoms with Gasteiger partial charge in [0.05, 0.1) is 16.9 Å². The molecular weight excluding hydrogens is 259 g/mol. The predicted octanol–water partition coefficient (Wildman–Crippen LogP) is -3.73. The first-order chi connectivity index (χ1) is 8.04. The monoisotopic (exact) mass is 272 g/mol. The SMILES string of the molecule is CCn1cc(C(=O)[O-])c(=O)c2ccc(C)nc21.O.[Na+]. The topological polar surface area (TPSA) is 107 Å². The number of rotatable bonds is 2. The zero-order valence-electron chi connectivity index (χ0n) is 11.1. The van der Waals surface area contributed by atoms with Crippen molar-refractivity contribution in [1.29, 1.82) is 0 Å². The standard InChI is InChI=1S/C12H12N2O3.Na.H2O/c1-3-14-6-9(12(16)17)10(15)8-5-4-7(2)13-11(8)14;;/h4-6H,3H2,1-2H3,(H,16,17);;1H2/q;+1;/p-1. The molecule has 0 aliphatic heterocycles. The first-order valence-corrected chi connectivity index (χ1v) is 5.26. The first-order valence-electron chi connectivity index (χ1n) is 5.26. The van der Waals surface area contributed by atoms with Crippen LogP contribution in [0, 0.1) is 6.92 Å². The molecule has 2 heterocycles. The molecule has 0 radical (unpaired) electrons. The van der Waals surface area contributed by atoms with Gasteiger partial charge in [0, 0.05) is 18.4 Å². The molecule has 0 amide bonds. The van der Waals surface area contributed by atoms with Crippen molar-refractivity contribution < 1.29 is 44.9 Å². The third kappa shape index (κ3) is 3.22. The molecule has 0 aliphatic rings. The maximum Gasteiger partial charge on any atom is 1.00 e. The van der Waals surface area contributed by atoms with E-state index in [0.717, 1.165) is 5.69 Å². The molecule has 0 unspecified atom stereocenters. The number of fused-ring (bicyclic) bond motifs is 1. The number of pyridine rings is 2. The van der Waals surface area contributed by atoms with Crippen LogP contribution in [-0.2, 0) is 6.54 Å². The van der Waals surface area contributed by atoms with Crippen LogP contribution in [0.4, 0.5) is 0 Å². The molecular formula is C12H13N2NaO4. The second-order valence-corrected chi connectivity index (χ2v) is 3.77. The van der Waals surface area contributed by atoms with Gasteiger partial charge >= 0.3 is 29.6 Å². The molecule has 0 saturated carbocycles. The molecule has 2 aromatic heterocycles. The van der Waals surface area contributed by atoms with Gasteiger partial charge < -0.3 is 19.9 Å². The Labute approximate surface area is 131 Å². The number of aromatic carboxylic acids is 1. The van der Waals surface area contributed by atoms with Gasteiger partial charge in [0.2, 0.25) is 0 Å². The molecule has 19 heavy (non-hydrogen) atoms. The zero-order valence-corrected chi connectivity index (χ0v) is 13.1. The van der Waals surface area contributed by atoms with Gasteiger partial charge in [0.15, 0.2) is 5.43 Å². The summed E-state index contributed by atoms with van der Waals surface area (Å²) < 4.78 is 1.63. The van der Waals surface area contributed by atoms with Crippen molar-refractivity contribution >= 4 is 17.0 Å². The van der Waals surface area contributed by atoms with E-state index in [1.807, 2.05) is 13.8 Å². The van der Waals surface area contributed by atoms with E-state index in [2.05, 4.69) is 4.98 Å². The van der Waals surface area contributed by atoms with Gasteiger partial charge in [-0.2, -0.15) is 0 Å². The van der Waals surface area contributed by atoms with Crippen LogP contribution < -0.4 is 40.1 Å². The Balaban J connectivity index is 0.00000162. The summed E-state index contributed by atoms with van der Waals surface area (Å²) in [4.78, 5) is 27.0. The number of nitrogens with zero attached hydrogens (tertiary/aromatic N) is 2. The Morgan fingerprint density at radius 2 is 2.05 bits per heavy atom. The van der Waals surface area contributed by atoms with Gasteiger partial charge in [-0.3, -0.25) is 4.79 Å². The van der Waals surface area contributed by atoms with Gasteiger partial charge in [-0.05, 0) is 26.0 Å². The fraction of sp³-hybridized carbons (Fsp3) is 0.250. The molecule has 0 bridgehead atoms. The molecule has 6 nitrogen and oxygen atoms in total. The maximum atomic E-state index is 11.9. The van der Waals surface area contributed by atoms with Crippen molar-refractivity contribution in [2.45, 2.75) is 20.4 Å². The molecule has 2 rings (SSSR count). The Morgan fingerprint density at radius 1 is 1.42 bits per heavy atom. The Morgan fingerprint density at radius 3 is 2.58 bits per heavy atom. The summed E-state index contributed by atoms with van der Waals surface area (Å²) in [5.41, 5.74) is 0.407. The Kier molecular flexibility index (Phi) is 6.38. The molecule has 96 valence electrons. The van der Waals surface area contributed by atoms with E-state index in [4.69, 9.17) is 0 Å². The van der Waals surface area contributed by atoms with Gasteiger partial charge in [-0.1, -0.05) is 0 Å². The van der Waals surface area contributed by atoms with E-state index in [1.54, 1.807) is 16.7 Å². The summed E-state index contributed by atoms with van der Waals surface area (Å²) in [6, 6.07) is 3.28. The molecule has 0 aliphatic carbocycles. The van der Waals surface area contributed by atoms with E-state index in [0.29, 0.717) is 17.6 Å². The number of aromatic nitrogens is 2. The van der Waals surface area contributed by atoms with E-state index < -0.39 is 11.4 Å². The van der Waals surface area contributed by atoms with Crippen molar-refractivity contribution in [3.05, 3.63) is 39.8 Å². The van der Waals surface area contributed by atoms with Crippen LogP contribution in [0.2, 0.25) is 0 Å². The van der Waals surface area contributed by atoms with Crippen molar-refractivity contribution in [3.8, 4) is 0 Å². The summed E-state index contributed by atoms with van der Waals surface area (Å²) in [7, 11) is 0. The number of aryl methyl sites for hydroxylation is 2. The number of hydrogen-bond acceptors (Lipinski definition) is 4. The van der Waals surface area contributed by atoms with E-state index in [1.165, 1.54) is 6.20 Å². The number of carboxylic acids is 1. The van der Waals surface area contributed by atoms with Crippen LogP contribution in [0.15, 0.2) is 23.1 Å². The second kappa shape index (κ2) is 6.81. The number of carboxylic acid groups (broad SMARTS) is 1. The smallest absolute Gasteiger partial charge is 0.545 e. The van der Waals surface area contributed by atoms with Gasteiger partial charge in [-0.25, -0.2) is 4.98 Å². The molecule has 2 aromatic rings. The summed E-state index contributed by atoms with van der Waals surface area (Å²) >= 11 is 0. The molecule has 0 spiro atoms. The van der Waals surface area contributed by atoms with Crippen LogP contribution in [0.25, 0.3) is 11.0 Å². The molecule has 0 saturated heterocycles. The van der Waals surface area contributed by atoms with Crippen LogP contribution in [0.3, 0.4) is 0 Å². The van der Waals surface area contributed by atoms with Gasteiger partial charge in [-0.15, -0.1) is 0 Å². The summed E-state index contributed by atoms with van der Waals surface area (Å²) in [5, 5.41) is 11.2. The molecule has 7 heteroatoms. The number of hydrogen-bond donors (Lipinski definition) is 0. The van der Waals surface area contributed by atoms with Crippen LogP contribution in [-0.4, -0.2) is 21.0 Å². The quantitative estimate of drug-likeness (QED) is 0.524. The average Bonchev–Trinajstić information content (AvgIpc) is 2.29. The van der Waals surface area contributed by atoms with Crippen molar-refractivity contribution in [3.63, 3.8) is 0 Å². The van der Waals surface area contributed by atoms with Crippen molar-refractivity contribution in [1.82, 2.24) is 9.55 Å². The fourth-order valence-electron chi connectivity index (χ4n) is 1.75. The fourth-order valence-corrected chi connectivity index (χ4v) is 1.75. The van der Waals surface area contributed by atoms with E-state index in [9.17, 15) is 14.7 Å². The normalized spacial score (nSPS) is 9.58. The number of carbonyl (C=O) groups is 1. The van der Waals surface area contributed by atoms with Gasteiger partial charge in [0.25, 0.3) is 0 Å². The minimum absolute atomic E-state index is 0. The average molecular weight is 272 g/mol. The van der Waals surface area contributed by atoms with Gasteiger partial charge in [0.1, 0.15) is 5.65 Å². The summed E-state index contributed by atoms with van der Waals surface area (Å²) in [6.07, 6.45) is 1.28. The Bertz CT molecular complexity index is 667. The Hall–Kier alpha value is -1.21. The van der Waals surface area contributed by atoms with E-state index in [-0.39, 0.29) is 40.6 Å². The summed E-state index contributed by atoms with van der Waals surface area (Å²) in [6.45, 7) is 4.21. The second-order valence-electron chi connectivity index (χ2n) is 3.77. The predicted molar refractivity (Wildman–Crippen MR) is 64.4 cm³/mol. The summed E-state index contributed by atoms with van der Waals surface area (Å²) in [5.74, 6) is -1.46. The molecule has 0 atom stereocenters. The van der Waals surface area contributed by atoms with Crippen LogP contribution in [0.1, 0.15) is 23.0 Å². The molecule has 2 N–H and O–H groups in total. The molecule has 0 aromatic carbocycles. The first kappa shape index (κ1) is 17.8. The van der Waals surface area contributed by atoms with Crippen molar-refractivity contribution in [2.75, 3.05) is 0 Å². The maximum absolute atomic E-state index is 11.9. The zero-order chi connectivity index (χ0) is 12.6. The van der Waals surface area contributed by atoms with Crippen LogP contribution in [0.5, 0.6) is 0 Å². The largest absolute Gasteiger partial charge is 1.00 e. The van der Waals surface area contributed by atoms with Crippen molar-refractivity contribution in [2.24, 2.45) is 0 Å². The van der Waals surface area contributed by atoms with Crippen LogP contribution >= 0.6 is 0 Å². The minimum Gasteiger partial charge on any atom is -0.545 e.